The molecule has 1 aliphatic heterocycles. The second-order valence-corrected chi connectivity index (χ2v) is 5.70. The van der Waals surface area contributed by atoms with Crippen molar-refractivity contribution in [3.05, 3.63) is 29.3 Å². The Morgan fingerprint density at radius 1 is 1.37 bits per heavy atom. The van der Waals surface area contributed by atoms with Crippen molar-refractivity contribution in [2.75, 3.05) is 27.2 Å². The maximum Gasteiger partial charge on any atom is 0.154 e. The van der Waals surface area contributed by atoms with Crippen LogP contribution in [0.25, 0.3) is 0 Å². The quantitative estimate of drug-likeness (QED) is 0.838. The molecule has 1 atom stereocenters. The third-order valence-electron chi connectivity index (χ3n) is 3.89. The lowest BCUT2D eigenvalue weighted by atomic mass is 9.86. The number of nitrogens with zero attached hydrogens (tertiary/aromatic N) is 1. The summed E-state index contributed by atoms with van der Waals surface area (Å²) >= 11 is 0. The first-order valence-corrected chi connectivity index (χ1v) is 6.92. The molecule has 3 nitrogen and oxygen atoms in total. The molecule has 1 aliphatic rings. The molecule has 0 radical (unpaired) electrons. The second kappa shape index (κ2) is 5.74. The molecule has 1 unspecified atom stereocenters. The molecule has 0 aromatic heterocycles. The summed E-state index contributed by atoms with van der Waals surface area (Å²) in [5.74, 6) is 1.70. The summed E-state index contributed by atoms with van der Waals surface area (Å²) in [6.07, 6.45) is 0.916. The standard InChI is InChI=1S/C16H23NO2/c1-11(2)14-9-12(5-6-16(14)19-4)13-7-8-17(3)10-15(13)18/h5-6,9,11,13H,7-8,10H2,1-4H3. The van der Waals surface area contributed by atoms with E-state index in [0.29, 0.717) is 18.2 Å². The Balaban J connectivity index is 2.30. The molecule has 0 saturated carbocycles. The molecule has 3 heteroatoms. The van der Waals surface area contributed by atoms with Crippen LogP contribution >= 0.6 is 0 Å². The number of hydrogen-bond acceptors (Lipinski definition) is 3. The number of benzene rings is 1. The number of likely N-dealkylation sites (tertiary alicyclic amines) is 1. The predicted octanol–water partition coefficient (Wildman–Crippen LogP) is 2.81. The van der Waals surface area contributed by atoms with Crippen LogP contribution in [0, 0.1) is 0 Å². The Hall–Kier alpha value is -1.35. The van der Waals surface area contributed by atoms with Crippen LogP contribution in [0.4, 0.5) is 0 Å². The van der Waals surface area contributed by atoms with Gasteiger partial charge in [0.25, 0.3) is 0 Å². The third-order valence-corrected chi connectivity index (χ3v) is 3.89. The molecular formula is C16H23NO2. The van der Waals surface area contributed by atoms with E-state index in [2.05, 4.69) is 24.8 Å². The van der Waals surface area contributed by atoms with Crippen LogP contribution in [-0.4, -0.2) is 37.9 Å². The smallest absolute Gasteiger partial charge is 0.154 e. The Morgan fingerprint density at radius 2 is 2.11 bits per heavy atom. The van der Waals surface area contributed by atoms with Crippen LogP contribution < -0.4 is 4.74 Å². The van der Waals surface area contributed by atoms with E-state index in [1.165, 1.54) is 5.56 Å². The average molecular weight is 261 g/mol. The van der Waals surface area contributed by atoms with Crippen LogP contribution in [0.15, 0.2) is 18.2 Å². The van der Waals surface area contributed by atoms with Crippen LogP contribution in [-0.2, 0) is 4.79 Å². The van der Waals surface area contributed by atoms with E-state index in [-0.39, 0.29) is 5.92 Å². The lowest BCUT2D eigenvalue weighted by Crippen LogP contribution is -2.37. The van der Waals surface area contributed by atoms with Gasteiger partial charge in [0.15, 0.2) is 5.78 Å². The molecular weight excluding hydrogens is 238 g/mol. The fraction of sp³-hybridized carbons (Fsp3) is 0.562. The molecule has 1 aromatic rings. The number of Topliss-reactive ketones (excluding diaryl/α,β-unsaturated/α-hetero) is 1. The first-order valence-electron chi connectivity index (χ1n) is 6.92. The molecule has 0 amide bonds. The molecule has 1 heterocycles. The number of ketones is 1. The Morgan fingerprint density at radius 3 is 2.68 bits per heavy atom. The largest absolute Gasteiger partial charge is 0.496 e. The SMILES string of the molecule is COc1ccc(C2CCN(C)CC2=O)cc1C(C)C. The fourth-order valence-corrected chi connectivity index (χ4v) is 2.74. The highest BCUT2D eigenvalue weighted by Crippen LogP contribution is 2.32. The van der Waals surface area contributed by atoms with Gasteiger partial charge < -0.3 is 4.74 Å². The van der Waals surface area contributed by atoms with Crippen molar-refractivity contribution in [1.82, 2.24) is 4.90 Å². The van der Waals surface area contributed by atoms with Gasteiger partial charge in [-0.3, -0.25) is 9.69 Å². The zero-order valence-corrected chi connectivity index (χ0v) is 12.3. The molecule has 104 valence electrons. The van der Waals surface area contributed by atoms with E-state index in [9.17, 15) is 4.79 Å². The van der Waals surface area contributed by atoms with Crippen LogP contribution in [0.2, 0.25) is 0 Å². The van der Waals surface area contributed by atoms with Gasteiger partial charge in [-0.25, -0.2) is 0 Å². The molecule has 0 aliphatic carbocycles. The van der Waals surface area contributed by atoms with Gasteiger partial charge in [0.2, 0.25) is 0 Å². The minimum atomic E-state index is 0.0552. The van der Waals surface area contributed by atoms with Crippen molar-refractivity contribution in [1.29, 1.82) is 0 Å². The number of likely N-dealkylation sites (N-methyl/N-ethyl adjacent to an activating group) is 1. The van der Waals surface area contributed by atoms with E-state index < -0.39 is 0 Å². The summed E-state index contributed by atoms with van der Waals surface area (Å²) in [5, 5.41) is 0. The van der Waals surface area contributed by atoms with E-state index in [1.54, 1.807) is 7.11 Å². The summed E-state index contributed by atoms with van der Waals surface area (Å²) in [6, 6.07) is 6.19. The normalized spacial score (nSPS) is 20.9. The van der Waals surface area contributed by atoms with Gasteiger partial charge in [0, 0.05) is 5.92 Å². The van der Waals surface area contributed by atoms with Crippen molar-refractivity contribution in [3.63, 3.8) is 0 Å². The summed E-state index contributed by atoms with van der Waals surface area (Å²) in [7, 11) is 3.70. The summed E-state index contributed by atoms with van der Waals surface area (Å²) in [5.41, 5.74) is 2.33. The van der Waals surface area contributed by atoms with Crippen LogP contribution in [0.1, 0.15) is 43.2 Å². The predicted molar refractivity (Wildman–Crippen MR) is 76.9 cm³/mol. The van der Waals surface area contributed by atoms with Crippen LogP contribution in [0.3, 0.4) is 0 Å². The first-order chi connectivity index (χ1) is 9.02. The van der Waals surface area contributed by atoms with Crippen molar-refractivity contribution in [2.24, 2.45) is 0 Å². The van der Waals surface area contributed by atoms with Gasteiger partial charge in [-0.1, -0.05) is 26.0 Å². The molecule has 2 rings (SSSR count). The number of rotatable bonds is 3. The van der Waals surface area contributed by atoms with Crippen LogP contribution in [0.5, 0.6) is 5.75 Å². The highest BCUT2D eigenvalue weighted by atomic mass is 16.5. The van der Waals surface area contributed by atoms with Gasteiger partial charge >= 0.3 is 0 Å². The summed E-state index contributed by atoms with van der Waals surface area (Å²) in [4.78, 5) is 14.3. The van der Waals surface area contributed by atoms with E-state index >= 15 is 0 Å². The maximum absolute atomic E-state index is 12.2. The van der Waals surface area contributed by atoms with Gasteiger partial charge in [0.05, 0.1) is 13.7 Å². The van der Waals surface area contributed by atoms with E-state index in [1.807, 2.05) is 19.2 Å². The Kier molecular flexibility index (Phi) is 4.25. The number of carbonyl (C=O) groups excluding carboxylic acids is 1. The third kappa shape index (κ3) is 2.98. The zero-order valence-electron chi connectivity index (χ0n) is 12.3. The Labute approximate surface area is 115 Å². The maximum atomic E-state index is 12.2. The monoisotopic (exact) mass is 261 g/mol. The number of methoxy groups -OCH3 is 1. The van der Waals surface area contributed by atoms with Crippen molar-refractivity contribution in [3.8, 4) is 5.75 Å². The molecule has 19 heavy (non-hydrogen) atoms. The van der Waals surface area contributed by atoms with E-state index in [4.69, 9.17) is 4.74 Å². The van der Waals surface area contributed by atoms with Gasteiger partial charge in [0.1, 0.15) is 5.75 Å². The van der Waals surface area contributed by atoms with Crippen molar-refractivity contribution >= 4 is 5.78 Å². The van der Waals surface area contributed by atoms with Gasteiger partial charge in [-0.15, -0.1) is 0 Å². The highest BCUT2D eigenvalue weighted by molar-refractivity contribution is 5.88. The molecule has 1 fully saturated rings. The number of piperidine rings is 1. The number of ether oxygens (including phenoxy) is 1. The minimum Gasteiger partial charge on any atom is -0.496 e. The lowest BCUT2D eigenvalue weighted by Gasteiger charge is -2.28. The molecule has 0 spiro atoms. The van der Waals surface area contributed by atoms with E-state index in [0.717, 1.165) is 24.3 Å². The molecule has 1 aromatic carbocycles. The zero-order chi connectivity index (χ0) is 14.0. The number of carbonyl (C=O) groups is 1. The average Bonchev–Trinajstić information content (AvgIpc) is 2.38. The van der Waals surface area contributed by atoms with Gasteiger partial charge in [-0.05, 0) is 43.1 Å². The second-order valence-electron chi connectivity index (χ2n) is 5.70. The summed E-state index contributed by atoms with van der Waals surface area (Å²) < 4.78 is 5.40. The molecule has 1 saturated heterocycles. The molecule has 0 N–H and O–H groups in total. The Bertz CT molecular complexity index is 468. The summed E-state index contributed by atoms with van der Waals surface area (Å²) in [6.45, 7) is 5.85. The van der Waals surface area contributed by atoms with Gasteiger partial charge in [-0.2, -0.15) is 0 Å². The topological polar surface area (TPSA) is 29.5 Å². The fourth-order valence-electron chi connectivity index (χ4n) is 2.74. The van der Waals surface area contributed by atoms with Crippen molar-refractivity contribution in [2.45, 2.75) is 32.1 Å². The lowest BCUT2D eigenvalue weighted by molar-refractivity contribution is -0.123. The first kappa shape index (κ1) is 14.1. The number of hydrogen-bond donors (Lipinski definition) is 0. The van der Waals surface area contributed by atoms with Crippen molar-refractivity contribution < 1.29 is 9.53 Å². The highest BCUT2D eigenvalue weighted by Gasteiger charge is 2.27. The minimum absolute atomic E-state index is 0.0552. The molecule has 0 bridgehead atoms.